The zero-order valence-electron chi connectivity index (χ0n) is 25.0. The van der Waals surface area contributed by atoms with E-state index in [0.717, 1.165) is 41.8 Å². The van der Waals surface area contributed by atoms with Crippen molar-refractivity contribution in [2.75, 3.05) is 31.3 Å². The van der Waals surface area contributed by atoms with E-state index in [9.17, 15) is 18.0 Å². The van der Waals surface area contributed by atoms with E-state index < -0.39 is 28.5 Å². The highest BCUT2D eigenvalue weighted by atomic mass is 35.5. The molecule has 3 aromatic rings. The number of nitrogens with one attached hydrogen (secondary N) is 1. The highest BCUT2D eigenvalue weighted by Crippen LogP contribution is 2.33. The minimum Gasteiger partial charge on any atom is -0.493 e. The van der Waals surface area contributed by atoms with Crippen LogP contribution in [0.15, 0.2) is 66.7 Å². The normalized spacial score (nSPS) is 14.1. The van der Waals surface area contributed by atoms with Crippen LogP contribution in [0.4, 0.5) is 5.69 Å². The predicted molar refractivity (Wildman–Crippen MR) is 173 cm³/mol. The summed E-state index contributed by atoms with van der Waals surface area (Å²) in [6, 6.07) is 18.1. The van der Waals surface area contributed by atoms with E-state index in [1.54, 1.807) is 24.3 Å². The monoisotopic (exact) mass is 661 g/mol. The molecule has 1 N–H and O–H groups in total. The van der Waals surface area contributed by atoms with Gasteiger partial charge in [-0.3, -0.25) is 13.9 Å². The summed E-state index contributed by atoms with van der Waals surface area (Å²) in [4.78, 5) is 29.7. The molecule has 3 aromatic carbocycles. The molecule has 0 saturated heterocycles. The highest BCUT2D eigenvalue weighted by Gasteiger charge is 2.34. The number of benzene rings is 3. The Kier molecular flexibility index (Phi) is 11.4. The van der Waals surface area contributed by atoms with E-state index in [1.807, 2.05) is 30.3 Å². The molecule has 0 aromatic heterocycles. The van der Waals surface area contributed by atoms with Gasteiger partial charge in [0, 0.05) is 25.1 Å². The lowest BCUT2D eigenvalue weighted by molar-refractivity contribution is -0.140. The second-order valence-corrected chi connectivity index (χ2v) is 13.5. The minimum atomic E-state index is -3.95. The fourth-order valence-corrected chi connectivity index (χ4v) is 6.51. The Labute approximate surface area is 269 Å². The van der Waals surface area contributed by atoms with Crippen LogP contribution in [0.5, 0.6) is 11.5 Å². The van der Waals surface area contributed by atoms with Gasteiger partial charge in [-0.05, 0) is 48.2 Å². The van der Waals surface area contributed by atoms with Crippen molar-refractivity contribution >= 4 is 50.7 Å². The lowest BCUT2D eigenvalue weighted by atomic mass is 10.0. The Morgan fingerprint density at radius 1 is 0.909 bits per heavy atom. The minimum absolute atomic E-state index is 0.00511. The van der Waals surface area contributed by atoms with Crippen LogP contribution in [-0.4, -0.2) is 64.2 Å². The van der Waals surface area contributed by atoms with Gasteiger partial charge in [-0.2, -0.15) is 0 Å². The third-order valence-electron chi connectivity index (χ3n) is 7.64. The summed E-state index contributed by atoms with van der Waals surface area (Å²) < 4.78 is 37.8. The molecular weight excluding hydrogens is 625 g/mol. The summed E-state index contributed by atoms with van der Waals surface area (Å²) in [7, 11) is -1.04. The summed E-state index contributed by atoms with van der Waals surface area (Å²) >= 11 is 12.5. The van der Waals surface area contributed by atoms with Crippen LogP contribution in [0.1, 0.15) is 36.8 Å². The molecule has 0 aliphatic heterocycles. The number of hydrogen-bond acceptors (Lipinski definition) is 6. The summed E-state index contributed by atoms with van der Waals surface area (Å²) in [6.45, 7) is -0.563. The van der Waals surface area contributed by atoms with Crippen LogP contribution >= 0.6 is 23.2 Å². The predicted octanol–water partition coefficient (Wildman–Crippen LogP) is 5.48. The number of halogens is 2. The number of sulfonamides is 1. The first-order valence-corrected chi connectivity index (χ1v) is 16.9. The fourth-order valence-electron chi connectivity index (χ4n) is 5.35. The SMILES string of the molecule is COc1ccc(N(CC(=O)N(Cc2ccc(Cl)c(Cl)c2)[C@@H](Cc2ccccc2)C(=O)NC2CCCC2)S(C)(=O)=O)cc1OC. The number of hydrogen-bond donors (Lipinski definition) is 1. The zero-order chi connectivity index (χ0) is 31.9. The molecule has 0 bridgehead atoms. The van der Waals surface area contributed by atoms with Gasteiger partial charge < -0.3 is 19.7 Å². The molecular formula is C32H37Cl2N3O6S. The van der Waals surface area contributed by atoms with Crippen molar-refractivity contribution in [3.63, 3.8) is 0 Å². The van der Waals surface area contributed by atoms with Gasteiger partial charge in [0.2, 0.25) is 21.8 Å². The largest absolute Gasteiger partial charge is 0.493 e. The fraction of sp³-hybridized carbons (Fsp3) is 0.375. The van der Waals surface area contributed by atoms with Gasteiger partial charge in [-0.15, -0.1) is 0 Å². The number of nitrogens with zero attached hydrogens (tertiary/aromatic N) is 2. The Morgan fingerprint density at radius 2 is 1.59 bits per heavy atom. The smallest absolute Gasteiger partial charge is 0.244 e. The Hall–Kier alpha value is -3.47. The van der Waals surface area contributed by atoms with E-state index in [4.69, 9.17) is 32.7 Å². The van der Waals surface area contributed by atoms with Crippen LogP contribution in [0, 0.1) is 0 Å². The molecule has 0 unspecified atom stereocenters. The maximum atomic E-state index is 14.3. The number of rotatable bonds is 13. The van der Waals surface area contributed by atoms with E-state index >= 15 is 0 Å². The third-order valence-corrected chi connectivity index (χ3v) is 9.52. The lowest BCUT2D eigenvalue weighted by Crippen LogP contribution is -2.54. The first-order chi connectivity index (χ1) is 21.0. The molecule has 0 radical (unpaired) electrons. The Morgan fingerprint density at radius 3 is 2.20 bits per heavy atom. The maximum absolute atomic E-state index is 14.3. The van der Waals surface area contributed by atoms with E-state index in [2.05, 4.69) is 5.32 Å². The zero-order valence-corrected chi connectivity index (χ0v) is 27.3. The summed E-state index contributed by atoms with van der Waals surface area (Å²) in [5.41, 5.74) is 1.70. The number of carbonyl (C=O) groups is 2. The van der Waals surface area contributed by atoms with Crippen LogP contribution in [0.3, 0.4) is 0 Å². The Balaban J connectivity index is 1.75. The average Bonchev–Trinajstić information content (AvgIpc) is 3.52. The van der Waals surface area contributed by atoms with Crippen molar-refractivity contribution in [1.82, 2.24) is 10.2 Å². The molecule has 44 heavy (non-hydrogen) atoms. The molecule has 9 nitrogen and oxygen atoms in total. The number of methoxy groups -OCH3 is 2. The molecule has 12 heteroatoms. The first kappa shape index (κ1) is 33.4. The van der Waals surface area contributed by atoms with Crippen LogP contribution < -0.4 is 19.1 Å². The van der Waals surface area contributed by atoms with Gasteiger partial charge in [-0.25, -0.2) is 8.42 Å². The second kappa shape index (κ2) is 15.0. The van der Waals surface area contributed by atoms with Crippen molar-refractivity contribution in [2.24, 2.45) is 0 Å². The molecule has 1 saturated carbocycles. The van der Waals surface area contributed by atoms with Gasteiger partial charge >= 0.3 is 0 Å². The van der Waals surface area contributed by atoms with Gasteiger partial charge in [0.1, 0.15) is 12.6 Å². The van der Waals surface area contributed by atoms with E-state index in [0.29, 0.717) is 27.1 Å². The summed E-state index contributed by atoms with van der Waals surface area (Å²) in [5, 5.41) is 3.79. The van der Waals surface area contributed by atoms with Crippen LogP contribution in [0.25, 0.3) is 0 Å². The molecule has 4 rings (SSSR count). The first-order valence-electron chi connectivity index (χ1n) is 14.3. The molecule has 1 aliphatic carbocycles. The van der Waals surface area contributed by atoms with Crippen LogP contribution in [0.2, 0.25) is 10.0 Å². The van der Waals surface area contributed by atoms with Crippen molar-refractivity contribution in [2.45, 2.75) is 50.7 Å². The van der Waals surface area contributed by atoms with Crippen molar-refractivity contribution in [1.29, 1.82) is 0 Å². The number of carbonyl (C=O) groups excluding carboxylic acids is 2. The number of anilines is 1. The van der Waals surface area contributed by atoms with Crippen molar-refractivity contribution in [3.8, 4) is 11.5 Å². The average molecular weight is 663 g/mol. The highest BCUT2D eigenvalue weighted by molar-refractivity contribution is 7.92. The van der Waals surface area contributed by atoms with Gasteiger partial charge in [0.25, 0.3) is 0 Å². The number of amides is 2. The standard InChI is InChI=1S/C32H37Cl2N3O6S/c1-42-29-16-14-25(19-30(29)43-2)37(44(3,40)41)21-31(38)36(20-23-13-15-26(33)27(34)17-23)28(18-22-9-5-4-6-10-22)32(39)35-24-11-7-8-12-24/h4-6,9-10,13-17,19,24,28H,7-8,11-12,18,20-21H2,1-3H3,(H,35,39)/t28-/m0/s1. The van der Waals surface area contributed by atoms with Gasteiger partial charge in [-0.1, -0.05) is 72.4 Å². The topological polar surface area (TPSA) is 105 Å². The number of ether oxygens (including phenoxy) is 2. The molecule has 0 heterocycles. The molecule has 1 fully saturated rings. The lowest BCUT2D eigenvalue weighted by Gasteiger charge is -2.34. The summed E-state index contributed by atoms with van der Waals surface area (Å²) in [6.07, 6.45) is 5.03. The summed E-state index contributed by atoms with van der Waals surface area (Å²) in [5.74, 6) is -0.162. The molecule has 2 amide bonds. The second-order valence-electron chi connectivity index (χ2n) is 10.8. The maximum Gasteiger partial charge on any atom is 0.244 e. The quantitative estimate of drug-likeness (QED) is 0.260. The van der Waals surface area contributed by atoms with Crippen molar-refractivity contribution in [3.05, 3.63) is 87.9 Å². The molecule has 236 valence electrons. The van der Waals surface area contributed by atoms with Crippen LogP contribution in [-0.2, 0) is 32.6 Å². The van der Waals surface area contributed by atoms with Gasteiger partial charge in [0.15, 0.2) is 11.5 Å². The molecule has 1 atom stereocenters. The molecule has 1 aliphatic rings. The Bertz CT molecular complexity index is 1570. The van der Waals surface area contributed by atoms with E-state index in [-0.39, 0.29) is 30.6 Å². The molecule has 0 spiro atoms. The van der Waals surface area contributed by atoms with E-state index in [1.165, 1.54) is 31.3 Å². The van der Waals surface area contributed by atoms with Crippen molar-refractivity contribution < 1.29 is 27.5 Å². The third kappa shape index (κ3) is 8.58. The van der Waals surface area contributed by atoms with Gasteiger partial charge in [0.05, 0.1) is 36.2 Å².